The highest BCUT2D eigenvalue weighted by molar-refractivity contribution is 14.0. The van der Waals surface area contributed by atoms with Crippen molar-refractivity contribution in [1.82, 2.24) is 15.5 Å². The van der Waals surface area contributed by atoms with Crippen LogP contribution in [-0.2, 0) is 11.3 Å². The van der Waals surface area contributed by atoms with E-state index in [4.69, 9.17) is 4.74 Å². The third-order valence-electron chi connectivity index (χ3n) is 4.37. The number of halogens is 2. The van der Waals surface area contributed by atoms with Gasteiger partial charge in [0.15, 0.2) is 5.96 Å². The minimum Gasteiger partial charge on any atom is -0.385 e. The molecule has 0 unspecified atom stereocenters. The van der Waals surface area contributed by atoms with Crippen LogP contribution in [0, 0.1) is 0 Å². The van der Waals surface area contributed by atoms with E-state index in [0.717, 1.165) is 69.0 Å². The van der Waals surface area contributed by atoms with Crippen molar-refractivity contribution in [3.63, 3.8) is 0 Å². The van der Waals surface area contributed by atoms with Crippen LogP contribution in [0.5, 0.6) is 0 Å². The normalized spacial score (nSPS) is 16.2. The topological polar surface area (TPSA) is 48.9 Å². The smallest absolute Gasteiger partial charge is 0.191 e. The molecule has 2 N–H and O–H groups in total. The second-order valence-electron chi connectivity index (χ2n) is 6.43. The van der Waals surface area contributed by atoms with Gasteiger partial charge in [-0.15, -0.1) is 24.0 Å². The third-order valence-corrected chi connectivity index (χ3v) is 4.90. The quantitative estimate of drug-likeness (QED) is 0.230. The Morgan fingerprint density at radius 3 is 2.58 bits per heavy atom. The Balaban J connectivity index is 0.00000338. The van der Waals surface area contributed by atoms with Gasteiger partial charge in [0.1, 0.15) is 0 Å². The van der Waals surface area contributed by atoms with Gasteiger partial charge in [-0.3, -0.25) is 9.89 Å². The number of hydrogen-bond acceptors (Lipinski definition) is 3. The monoisotopic (exact) mass is 538 g/mol. The summed E-state index contributed by atoms with van der Waals surface area (Å²) in [5.41, 5.74) is 1.38. The van der Waals surface area contributed by atoms with E-state index in [0.29, 0.717) is 6.04 Å². The Kier molecular flexibility index (Phi) is 12.5. The Bertz CT molecular complexity index is 519. The summed E-state index contributed by atoms with van der Waals surface area (Å²) in [7, 11) is 1.73. The van der Waals surface area contributed by atoms with E-state index in [2.05, 4.69) is 67.6 Å². The van der Waals surface area contributed by atoms with Crippen molar-refractivity contribution in [1.29, 1.82) is 0 Å². The summed E-state index contributed by atoms with van der Waals surface area (Å²) in [6.45, 7) is 7.83. The van der Waals surface area contributed by atoms with Crippen molar-refractivity contribution < 1.29 is 4.74 Å². The number of hydrogen-bond donors (Lipinski definition) is 2. The van der Waals surface area contributed by atoms with Gasteiger partial charge in [0.05, 0.1) is 0 Å². The summed E-state index contributed by atoms with van der Waals surface area (Å²) < 4.78 is 6.22. The molecule has 1 aromatic carbocycles. The minimum absolute atomic E-state index is 0. The molecular weight excluding hydrogens is 507 g/mol. The van der Waals surface area contributed by atoms with Gasteiger partial charge >= 0.3 is 0 Å². The molecule has 0 atom stereocenters. The van der Waals surface area contributed by atoms with Crippen LogP contribution in [0.25, 0.3) is 0 Å². The van der Waals surface area contributed by atoms with Crippen LogP contribution in [0.15, 0.2) is 33.7 Å². The molecule has 0 spiro atoms. The highest BCUT2D eigenvalue weighted by Gasteiger charge is 2.20. The largest absolute Gasteiger partial charge is 0.385 e. The lowest BCUT2D eigenvalue weighted by Gasteiger charge is -2.33. The standard InChI is InChI=1S/C19H31BrN4O.HI/c1-3-21-19(22-11-4-14-25-2)23-18-9-12-24(13-10-18)15-16-5-7-17(20)8-6-16;/h5-8,18H,3-4,9-15H2,1-2H3,(H2,21,22,23);1H. The maximum atomic E-state index is 5.08. The fourth-order valence-corrected chi connectivity index (χ4v) is 3.26. The number of guanidine groups is 1. The molecule has 7 heteroatoms. The Labute approximate surface area is 183 Å². The van der Waals surface area contributed by atoms with Gasteiger partial charge in [0.25, 0.3) is 0 Å². The number of benzene rings is 1. The molecule has 0 radical (unpaired) electrons. The summed E-state index contributed by atoms with van der Waals surface area (Å²) in [5, 5.41) is 6.93. The van der Waals surface area contributed by atoms with E-state index in [-0.39, 0.29) is 24.0 Å². The lowest BCUT2D eigenvalue weighted by atomic mass is 10.0. The van der Waals surface area contributed by atoms with Gasteiger partial charge in [-0.05, 0) is 43.9 Å². The maximum absolute atomic E-state index is 5.08. The molecular formula is C19H32BrIN4O. The molecule has 0 aliphatic carbocycles. The van der Waals surface area contributed by atoms with E-state index in [1.165, 1.54) is 5.56 Å². The molecule has 0 aromatic heterocycles. The van der Waals surface area contributed by atoms with Crippen molar-refractivity contribution in [3.8, 4) is 0 Å². The molecule has 26 heavy (non-hydrogen) atoms. The van der Waals surface area contributed by atoms with Gasteiger partial charge in [0, 0.05) is 57.0 Å². The number of nitrogens with one attached hydrogen (secondary N) is 2. The van der Waals surface area contributed by atoms with Crippen molar-refractivity contribution in [3.05, 3.63) is 34.3 Å². The van der Waals surface area contributed by atoms with Crippen molar-refractivity contribution in [2.24, 2.45) is 4.99 Å². The summed E-state index contributed by atoms with van der Waals surface area (Å²) >= 11 is 3.49. The summed E-state index contributed by atoms with van der Waals surface area (Å²) in [5.74, 6) is 0.935. The lowest BCUT2D eigenvalue weighted by Crippen LogP contribution is -2.48. The van der Waals surface area contributed by atoms with Crippen molar-refractivity contribution in [2.45, 2.75) is 38.8 Å². The van der Waals surface area contributed by atoms with E-state index in [1.807, 2.05) is 0 Å². The first-order valence-electron chi connectivity index (χ1n) is 9.22. The molecule has 2 rings (SSSR count). The van der Waals surface area contributed by atoms with Crippen LogP contribution in [0.2, 0.25) is 0 Å². The fourth-order valence-electron chi connectivity index (χ4n) is 3.00. The molecule has 1 heterocycles. The molecule has 1 fully saturated rings. The zero-order valence-corrected chi connectivity index (χ0v) is 19.8. The molecule has 148 valence electrons. The average molecular weight is 539 g/mol. The third kappa shape index (κ3) is 9.01. The van der Waals surface area contributed by atoms with Crippen LogP contribution in [0.1, 0.15) is 31.7 Å². The second kappa shape index (κ2) is 13.7. The zero-order valence-electron chi connectivity index (χ0n) is 15.8. The summed E-state index contributed by atoms with van der Waals surface area (Å²) in [6.07, 6.45) is 3.26. The predicted molar refractivity (Wildman–Crippen MR) is 123 cm³/mol. The number of nitrogens with zero attached hydrogens (tertiary/aromatic N) is 2. The first-order valence-corrected chi connectivity index (χ1v) is 10.0. The Hall–Kier alpha value is -0.380. The molecule has 0 bridgehead atoms. The first kappa shape index (κ1) is 23.7. The number of rotatable bonds is 8. The van der Waals surface area contributed by atoms with Gasteiger partial charge in [-0.25, -0.2) is 0 Å². The molecule has 1 aliphatic heterocycles. The van der Waals surface area contributed by atoms with Gasteiger partial charge in [-0.1, -0.05) is 28.1 Å². The van der Waals surface area contributed by atoms with Crippen LogP contribution in [0.3, 0.4) is 0 Å². The van der Waals surface area contributed by atoms with E-state index in [1.54, 1.807) is 7.11 Å². The lowest BCUT2D eigenvalue weighted by molar-refractivity contribution is 0.196. The average Bonchev–Trinajstić information content (AvgIpc) is 2.62. The van der Waals surface area contributed by atoms with Crippen LogP contribution in [0.4, 0.5) is 0 Å². The van der Waals surface area contributed by atoms with E-state index < -0.39 is 0 Å². The number of likely N-dealkylation sites (tertiary alicyclic amines) is 1. The second-order valence-corrected chi connectivity index (χ2v) is 7.34. The van der Waals surface area contributed by atoms with E-state index in [9.17, 15) is 0 Å². The van der Waals surface area contributed by atoms with Gasteiger partial charge in [0.2, 0.25) is 0 Å². The van der Waals surface area contributed by atoms with Crippen LogP contribution in [-0.4, -0.2) is 56.8 Å². The Morgan fingerprint density at radius 2 is 1.96 bits per heavy atom. The fraction of sp³-hybridized carbons (Fsp3) is 0.632. The molecule has 1 aliphatic rings. The van der Waals surface area contributed by atoms with Crippen LogP contribution >= 0.6 is 39.9 Å². The Morgan fingerprint density at radius 1 is 1.27 bits per heavy atom. The van der Waals surface area contributed by atoms with Gasteiger partial charge in [-0.2, -0.15) is 0 Å². The SMILES string of the molecule is CCNC(=NCCCOC)NC1CCN(Cc2ccc(Br)cc2)CC1.I. The minimum atomic E-state index is 0. The highest BCUT2D eigenvalue weighted by atomic mass is 127. The number of aliphatic imine (C=N–C) groups is 1. The van der Waals surface area contributed by atoms with Crippen molar-refractivity contribution >= 4 is 45.9 Å². The summed E-state index contributed by atoms with van der Waals surface area (Å²) in [6, 6.07) is 9.13. The maximum Gasteiger partial charge on any atom is 0.191 e. The number of methoxy groups -OCH3 is 1. The predicted octanol–water partition coefficient (Wildman–Crippen LogP) is 3.62. The zero-order chi connectivity index (χ0) is 17.9. The molecule has 1 aromatic rings. The van der Waals surface area contributed by atoms with Crippen LogP contribution < -0.4 is 10.6 Å². The summed E-state index contributed by atoms with van der Waals surface area (Å²) in [4.78, 5) is 7.17. The first-order chi connectivity index (χ1) is 12.2. The number of piperidine rings is 1. The molecule has 1 saturated heterocycles. The van der Waals surface area contributed by atoms with Gasteiger partial charge < -0.3 is 15.4 Å². The molecule has 5 nitrogen and oxygen atoms in total. The van der Waals surface area contributed by atoms with E-state index >= 15 is 0 Å². The number of ether oxygens (including phenoxy) is 1. The molecule has 0 saturated carbocycles. The molecule has 0 amide bonds. The van der Waals surface area contributed by atoms with Crippen molar-refractivity contribution in [2.75, 3.05) is 39.9 Å². The highest BCUT2D eigenvalue weighted by Crippen LogP contribution is 2.16.